The molecule has 3 atom stereocenters. The van der Waals surface area contributed by atoms with E-state index in [4.69, 9.17) is 0 Å². The molecule has 120 valence electrons. The minimum atomic E-state index is -0.280. The van der Waals surface area contributed by atoms with Crippen LogP contribution in [-0.2, 0) is 0 Å². The van der Waals surface area contributed by atoms with Gasteiger partial charge in [0, 0.05) is 12.6 Å². The highest BCUT2D eigenvalue weighted by Crippen LogP contribution is 2.22. The summed E-state index contributed by atoms with van der Waals surface area (Å²) < 4.78 is 13.1. The molecule has 0 spiro atoms. The molecule has 3 nitrogen and oxygen atoms in total. The van der Waals surface area contributed by atoms with Gasteiger partial charge in [0.05, 0.1) is 17.9 Å². The van der Waals surface area contributed by atoms with Gasteiger partial charge in [0.2, 0.25) is 0 Å². The predicted octanol–water partition coefficient (Wildman–Crippen LogP) is 3.63. The Morgan fingerprint density at radius 2 is 2.00 bits per heavy atom. The van der Waals surface area contributed by atoms with Crippen LogP contribution in [0.1, 0.15) is 52.3 Å². The Kier molecular flexibility index (Phi) is 7.83. The van der Waals surface area contributed by atoms with Crippen LogP contribution in [0.2, 0.25) is 0 Å². The largest absolute Gasteiger partial charge is 0.308 e. The molecular weight excluding hydrogens is 265 g/mol. The van der Waals surface area contributed by atoms with E-state index >= 15 is 0 Å². The Morgan fingerprint density at radius 1 is 1.29 bits per heavy atom. The van der Waals surface area contributed by atoms with Crippen LogP contribution in [0.4, 0.5) is 4.39 Å². The van der Waals surface area contributed by atoms with Crippen LogP contribution >= 0.6 is 0 Å². The topological polar surface area (TPSA) is 28.2 Å². The summed E-state index contributed by atoms with van der Waals surface area (Å²) in [7, 11) is 2.17. The first-order valence-corrected chi connectivity index (χ1v) is 8.04. The summed E-state index contributed by atoms with van der Waals surface area (Å²) in [5, 5.41) is 3.56. The highest BCUT2D eigenvalue weighted by molar-refractivity contribution is 5.11. The fraction of sp³-hybridized carbons (Fsp3) is 0.706. The SMILES string of the molecule is CCCNC(c1ccc(F)cn1)C(C)CN(C)C(C)CC. The molecule has 4 heteroatoms. The standard InChI is InChI=1S/C17H30FN3/c1-6-10-19-17(16-9-8-15(18)11-20-16)13(3)12-21(5)14(4)7-2/h8-9,11,13-14,17,19H,6-7,10,12H2,1-5H3. The summed E-state index contributed by atoms with van der Waals surface area (Å²) >= 11 is 0. The molecule has 0 aromatic carbocycles. The number of nitrogens with zero attached hydrogens (tertiary/aromatic N) is 2. The Labute approximate surface area is 129 Å². The third-order valence-corrected chi connectivity index (χ3v) is 4.17. The molecule has 0 aliphatic carbocycles. The monoisotopic (exact) mass is 295 g/mol. The van der Waals surface area contributed by atoms with E-state index in [-0.39, 0.29) is 11.9 Å². The zero-order chi connectivity index (χ0) is 15.8. The molecule has 1 aromatic rings. The molecule has 0 aliphatic rings. The molecular formula is C17H30FN3. The Bertz CT molecular complexity index is 394. The lowest BCUT2D eigenvalue weighted by Gasteiger charge is -2.31. The molecule has 3 unspecified atom stereocenters. The molecule has 1 aromatic heterocycles. The fourth-order valence-corrected chi connectivity index (χ4v) is 2.52. The second-order valence-electron chi connectivity index (χ2n) is 6.01. The first-order chi connectivity index (χ1) is 9.99. The van der Waals surface area contributed by atoms with Gasteiger partial charge in [-0.1, -0.05) is 20.8 Å². The zero-order valence-electron chi connectivity index (χ0n) is 14.1. The van der Waals surface area contributed by atoms with Gasteiger partial charge in [-0.25, -0.2) is 4.39 Å². The van der Waals surface area contributed by atoms with Crippen LogP contribution in [0.3, 0.4) is 0 Å². The normalized spacial score (nSPS) is 16.0. The van der Waals surface area contributed by atoms with Gasteiger partial charge in [-0.2, -0.15) is 0 Å². The van der Waals surface area contributed by atoms with Crippen molar-refractivity contribution in [3.05, 3.63) is 29.8 Å². The van der Waals surface area contributed by atoms with Crippen LogP contribution in [0, 0.1) is 11.7 Å². The lowest BCUT2D eigenvalue weighted by Crippen LogP contribution is -2.38. The van der Waals surface area contributed by atoms with E-state index in [0.29, 0.717) is 12.0 Å². The van der Waals surface area contributed by atoms with E-state index in [9.17, 15) is 4.39 Å². The van der Waals surface area contributed by atoms with Gasteiger partial charge in [-0.3, -0.25) is 4.98 Å². The first-order valence-electron chi connectivity index (χ1n) is 8.04. The number of pyridine rings is 1. The second-order valence-corrected chi connectivity index (χ2v) is 6.01. The van der Waals surface area contributed by atoms with Crippen LogP contribution in [0.5, 0.6) is 0 Å². The van der Waals surface area contributed by atoms with Gasteiger partial charge in [-0.15, -0.1) is 0 Å². The molecule has 1 heterocycles. The van der Waals surface area contributed by atoms with Crippen molar-refractivity contribution in [1.82, 2.24) is 15.2 Å². The Morgan fingerprint density at radius 3 is 2.52 bits per heavy atom. The summed E-state index contributed by atoms with van der Waals surface area (Å²) in [6.45, 7) is 10.8. The average Bonchev–Trinajstić information content (AvgIpc) is 2.48. The number of aromatic nitrogens is 1. The summed E-state index contributed by atoms with van der Waals surface area (Å²) in [6, 6.07) is 4.02. The van der Waals surface area contributed by atoms with Gasteiger partial charge >= 0.3 is 0 Å². The summed E-state index contributed by atoms with van der Waals surface area (Å²) in [4.78, 5) is 6.65. The molecule has 0 saturated carbocycles. The third-order valence-electron chi connectivity index (χ3n) is 4.17. The molecule has 1 rings (SSSR count). The molecule has 0 fully saturated rings. The van der Waals surface area contributed by atoms with E-state index in [1.807, 2.05) is 0 Å². The number of nitrogens with one attached hydrogen (secondary N) is 1. The quantitative estimate of drug-likeness (QED) is 0.754. The second kappa shape index (κ2) is 9.11. The molecule has 21 heavy (non-hydrogen) atoms. The predicted molar refractivity (Wildman–Crippen MR) is 86.8 cm³/mol. The maximum absolute atomic E-state index is 13.1. The summed E-state index contributed by atoms with van der Waals surface area (Å²) in [6.07, 6.45) is 3.53. The van der Waals surface area contributed by atoms with Crippen molar-refractivity contribution < 1.29 is 4.39 Å². The van der Waals surface area contributed by atoms with Crippen molar-refractivity contribution in [3.63, 3.8) is 0 Å². The highest BCUT2D eigenvalue weighted by Gasteiger charge is 2.22. The molecule has 0 radical (unpaired) electrons. The van der Waals surface area contributed by atoms with E-state index < -0.39 is 0 Å². The van der Waals surface area contributed by atoms with Crippen molar-refractivity contribution in [1.29, 1.82) is 0 Å². The minimum Gasteiger partial charge on any atom is -0.308 e. The van der Waals surface area contributed by atoms with Crippen molar-refractivity contribution in [2.75, 3.05) is 20.1 Å². The van der Waals surface area contributed by atoms with Crippen molar-refractivity contribution in [2.24, 2.45) is 5.92 Å². The zero-order valence-corrected chi connectivity index (χ0v) is 14.1. The van der Waals surface area contributed by atoms with Crippen LogP contribution < -0.4 is 5.32 Å². The highest BCUT2D eigenvalue weighted by atomic mass is 19.1. The fourth-order valence-electron chi connectivity index (χ4n) is 2.52. The van der Waals surface area contributed by atoms with Crippen molar-refractivity contribution in [2.45, 2.75) is 52.6 Å². The van der Waals surface area contributed by atoms with Crippen LogP contribution in [0.25, 0.3) is 0 Å². The minimum absolute atomic E-state index is 0.164. The van der Waals surface area contributed by atoms with Crippen molar-refractivity contribution >= 4 is 0 Å². The van der Waals surface area contributed by atoms with Gasteiger partial charge in [0.1, 0.15) is 5.82 Å². The molecule has 1 N–H and O–H groups in total. The lowest BCUT2D eigenvalue weighted by atomic mass is 9.96. The van der Waals surface area contributed by atoms with Crippen LogP contribution in [0.15, 0.2) is 18.3 Å². The molecule has 0 aliphatic heterocycles. The van der Waals surface area contributed by atoms with Gasteiger partial charge in [0.25, 0.3) is 0 Å². The van der Waals surface area contributed by atoms with Gasteiger partial charge < -0.3 is 10.2 Å². The Hall–Kier alpha value is -1.00. The smallest absolute Gasteiger partial charge is 0.141 e. The van der Waals surface area contributed by atoms with Crippen molar-refractivity contribution in [3.8, 4) is 0 Å². The number of halogens is 1. The number of hydrogen-bond acceptors (Lipinski definition) is 3. The number of rotatable bonds is 9. The van der Waals surface area contributed by atoms with Crippen LogP contribution in [-0.4, -0.2) is 36.1 Å². The van der Waals surface area contributed by atoms with E-state index in [1.165, 1.54) is 12.3 Å². The maximum Gasteiger partial charge on any atom is 0.141 e. The molecule has 0 amide bonds. The first kappa shape index (κ1) is 18.1. The van der Waals surface area contributed by atoms with E-state index in [2.05, 4.69) is 49.9 Å². The summed E-state index contributed by atoms with van der Waals surface area (Å²) in [5.41, 5.74) is 0.926. The van der Waals surface area contributed by atoms with E-state index in [1.54, 1.807) is 6.07 Å². The maximum atomic E-state index is 13.1. The summed E-state index contributed by atoms with van der Waals surface area (Å²) in [5.74, 6) is 0.130. The lowest BCUT2D eigenvalue weighted by molar-refractivity contribution is 0.195. The molecule has 0 saturated heterocycles. The van der Waals surface area contributed by atoms with Gasteiger partial charge in [-0.05, 0) is 51.4 Å². The van der Waals surface area contributed by atoms with E-state index in [0.717, 1.165) is 31.6 Å². The third kappa shape index (κ3) is 5.71. The van der Waals surface area contributed by atoms with Gasteiger partial charge in [0.15, 0.2) is 0 Å². The Balaban J connectivity index is 2.78. The average molecular weight is 295 g/mol. The number of hydrogen-bond donors (Lipinski definition) is 1. The molecule has 0 bridgehead atoms.